The third kappa shape index (κ3) is 3.42. The Labute approximate surface area is 98.9 Å². The molecule has 0 saturated carbocycles. The Kier molecular flexibility index (Phi) is 4.58. The lowest BCUT2D eigenvalue weighted by Gasteiger charge is -2.40. The number of rotatable bonds is 3. The first-order chi connectivity index (χ1) is 7.75. The molecule has 2 saturated heterocycles. The van der Waals surface area contributed by atoms with E-state index in [0.29, 0.717) is 6.10 Å². The summed E-state index contributed by atoms with van der Waals surface area (Å²) in [5.41, 5.74) is 0. The van der Waals surface area contributed by atoms with Gasteiger partial charge >= 0.3 is 0 Å². The minimum absolute atomic E-state index is 0.402. The maximum Gasteiger partial charge on any atom is 0.0829 e. The van der Waals surface area contributed by atoms with E-state index in [0.717, 1.165) is 32.3 Å². The molecule has 0 aromatic rings. The molecule has 2 heterocycles. The molecule has 2 rings (SSSR count). The normalized spacial score (nSPS) is 29.8. The molecular weight excluding hydrogens is 202 g/mol. The van der Waals surface area contributed by atoms with Crippen LogP contribution in [0.3, 0.4) is 0 Å². The van der Waals surface area contributed by atoms with Crippen molar-refractivity contribution < 1.29 is 4.74 Å². The van der Waals surface area contributed by atoms with Crippen LogP contribution < -0.4 is 5.32 Å². The predicted molar refractivity (Wildman–Crippen MR) is 65.8 cm³/mol. The second-order valence-corrected chi connectivity index (χ2v) is 5.23. The van der Waals surface area contributed by atoms with Crippen molar-refractivity contribution in [1.29, 1.82) is 0 Å². The van der Waals surface area contributed by atoms with Crippen LogP contribution in [0, 0.1) is 0 Å². The summed E-state index contributed by atoms with van der Waals surface area (Å²) in [5.74, 6) is 0. The summed E-state index contributed by atoms with van der Waals surface area (Å²) in [6.45, 7) is 6.54. The molecule has 0 spiro atoms. The molecule has 94 valence electrons. The average molecular weight is 227 g/mol. The van der Waals surface area contributed by atoms with Gasteiger partial charge in [0, 0.05) is 25.7 Å². The van der Waals surface area contributed by atoms with Gasteiger partial charge in [0.15, 0.2) is 0 Å². The van der Waals surface area contributed by atoms with E-state index in [4.69, 9.17) is 4.74 Å². The van der Waals surface area contributed by atoms with Crippen molar-refractivity contribution in [2.45, 2.75) is 25.0 Å². The maximum absolute atomic E-state index is 5.81. The Morgan fingerprint density at radius 3 is 2.75 bits per heavy atom. The van der Waals surface area contributed by atoms with Gasteiger partial charge in [0.25, 0.3) is 0 Å². The van der Waals surface area contributed by atoms with Crippen molar-refractivity contribution in [3.63, 3.8) is 0 Å². The van der Waals surface area contributed by atoms with Gasteiger partial charge in [-0.3, -0.25) is 4.90 Å². The SMILES string of the molecule is CN(C)CC1CN(C2CCNCC2)CCO1. The van der Waals surface area contributed by atoms with E-state index in [9.17, 15) is 0 Å². The molecular formula is C12H25N3O. The van der Waals surface area contributed by atoms with Crippen LogP contribution in [0.15, 0.2) is 0 Å². The monoisotopic (exact) mass is 227 g/mol. The number of ether oxygens (including phenoxy) is 1. The van der Waals surface area contributed by atoms with Crippen LogP contribution in [-0.2, 0) is 4.74 Å². The second-order valence-electron chi connectivity index (χ2n) is 5.23. The number of piperidine rings is 1. The lowest BCUT2D eigenvalue weighted by atomic mass is 10.0. The molecule has 0 aromatic heterocycles. The zero-order valence-electron chi connectivity index (χ0n) is 10.6. The number of nitrogens with one attached hydrogen (secondary N) is 1. The van der Waals surface area contributed by atoms with Crippen molar-refractivity contribution in [1.82, 2.24) is 15.1 Å². The molecule has 1 N–H and O–H groups in total. The number of nitrogens with zero attached hydrogens (tertiary/aromatic N) is 2. The minimum Gasteiger partial charge on any atom is -0.374 e. The Hall–Kier alpha value is -0.160. The Morgan fingerprint density at radius 1 is 1.31 bits per heavy atom. The molecule has 16 heavy (non-hydrogen) atoms. The zero-order chi connectivity index (χ0) is 11.4. The van der Waals surface area contributed by atoms with Crippen molar-refractivity contribution in [2.24, 2.45) is 0 Å². The minimum atomic E-state index is 0.402. The standard InChI is InChI=1S/C12H25N3O/c1-14(2)9-12-10-15(7-8-16-12)11-3-5-13-6-4-11/h11-13H,3-10H2,1-2H3. The van der Waals surface area contributed by atoms with E-state index in [1.165, 1.54) is 25.9 Å². The third-order valence-corrected chi connectivity index (χ3v) is 3.56. The highest BCUT2D eigenvalue weighted by molar-refractivity contribution is 4.82. The highest BCUT2D eigenvalue weighted by atomic mass is 16.5. The molecule has 2 fully saturated rings. The van der Waals surface area contributed by atoms with Crippen molar-refractivity contribution in [2.75, 3.05) is 53.4 Å². The average Bonchev–Trinajstić information content (AvgIpc) is 2.30. The van der Waals surface area contributed by atoms with Crippen molar-refractivity contribution in [3.8, 4) is 0 Å². The molecule has 0 amide bonds. The van der Waals surface area contributed by atoms with E-state index < -0.39 is 0 Å². The molecule has 0 aliphatic carbocycles. The molecule has 4 nitrogen and oxygen atoms in total. The summed E-state index contributed by atoms with van der Waals surface area (Å²) in [6.07, 6.45) is 3.00. The van der Waals surface area contributed by atoms with Gasteiger partial charge in [-0.2, -0.15) is 0 Å². The van der Waals surface area contributed by atoms with Crippen LogP contribution in [0.1, 0.15) is 12.8 Å². The van der Waals surface area contributed by atoms with Crippen LogP contribution in [0.2, 0.25) is 0 Å². The van der Waals surface area contributed by atoms with Crippen molar-refractivity contribution >= 4 is 0 Å². The number of morpholine rings is 1. The molecule has 2 aliphatic rings. The Balaban J connectivity index is 1.80. The molecule has 2 aliphatic heterocycles. The lowest BCUT2D eigenvalue weighted by Crippen LogP contribution is -2.52. The Morgan fingerprint density at radius 2 is 2.06 bits per heavy atom. The molecule has 4 heteroatoms. The number of hydrogen-bond acceptors (Lipinski definition) is 4. The van der Waals surface area contributed by atoms with Crippen LogP contribution in [0.5, 0.6) is 0 Å². The van der Waals surface area contributed by atoms with Crippen LogP contribution in [0.25, 0.3) is 0 Å². The first-order valence-electron chi connectivity index (χ1n) is 6.47. The van der Waals surface area contributed by atoms with E-state index >= 15 is 0 Å². The summed E-state index contributed by atoms with van der Waals surface area (Å²) >= 11 is 0. The first kappa shape index (κ1) is 12.3. The van der Waals surface area contributed by atoms with Gasteiger partial charge in [-0.15, -0.1) is 0 Å². The van der Waals surface area contributed by atoms with Gasteiger partial charge < -0.3 is 15.0 Å². The van der Waals surface area contributed by atoms with Gasteiger partial charge in [0.1, 0.15) is 0 Å². The quantitative estimate of drug-likeness (QED) is 0.734. The predicted octanol–water partition coefficient (Wildman–Crippen LogP) is 0.000800. The van der Waals surface area contributed by atoms with Crippen LogP contribution >= 0.6 is 0 Å². The van der Waals surface area contributed by atoms with Gasteiger partial charge in [-0.05, 0) is 40.0 Å². The number of likely N-dealkylation sites (N-methyl/N-ethyl adjacent to an activating group) is 1. The molecule has 1 unspecified atom stereocenters. The van der Waals surface area contributed by atoms with E-state index in [2.05, 4.69) is 29.2 Å². The molecule has 0 aromatic carbocycles. The second kappa shape index (κ2) is 5.96. The molecule has 1 atom stereocenters. The summed E-state index contributed by atoms with van der Waals surface area (Å²) in [6, 6.07) is 0.787. The Bertz CT molecular complexity index is 204. The summed E-state index contributed by atoms with van der Waals surface area (Å²) < 4.78 is 5.81. The molecule has 0 radical (unpaired) electrons. The third-order valence-electron chi connectivity index (χ3n) is 3.56. The maximum atomic E-state index is 5.81. The van der Waals surface area contributed by atoms with Gasteiger partial charge in [-0.1, -0.05) is 0 Å². The fourth-order valence-corrected chi connectivity index (χ4v) is 2.76. The van der Waals surface area contributed by atoms with Gasteiger partial charge in [0.2, 0.25) is 0 Å². The van der Waals surface area contributed by atoms with E-state index in [1.807, 2.05) is 0 Å². The smallest absolute Gasteiger partial charge is 0.0829 e. The fourth-order valence-electron chi connectivity index (χ4n) is 2.76. The largest absolute Gasteiger partial charge is 0.374 e. The van der Waals surface area contributed by atoms with E-state index in [1.54, 1.807) is 0 Å². The fraction of sp³-hybridized carbons (Fsp3) is 1.00. The zero-order valence-corrected chi connectivity index (χ0v) is 10.6. The van der Waals surface area contributed by atoms with Crippen LogP contribution in [0.4, 0.5) is 0 Å². The highest BCUT2D eigenvalue weighted by Gasteiger charge is 2.27. The van der Waals surface area contributed by atoms with Gasteiger partial charge in [0.05, 0.1) is 12.7 Å². The molecule has 0 bridgehead atoms. The highest BCUT2D eigenvalue weighted by Crippen LogP contribution is 2.16. The summed E-state index contributed by atoms with van der Waals surface area (Å²) in [4.78, 5) is 4.86. The summed E-state index contributed by atoms with van der Waals surface area (Å²) in [5, 5.41) is 3.43. The van der Waals surface area contributed by atoms with E-state index in [-0.39, 0.29) is 0 Å². The van der Waals surface area contributed by atoms with Gasteiger partial charge in [-0.25, -0.2) is 0 Å². The van der Waals surface area contributed by atoms with Crippen LogP contribution in [-0.4, -0.2) is 75.4 Å². The summed E-state index contributed by atoms with van der Waals surface area (Å²) in [7, 11) is 4.24. The lowest BCUT2D eigenvalue weighted by molar-refractivity contribution is -0.0551. The first-order valence-corrected chi connectivity index (χ1v) is 6.47. The van der Waals surface area contributed by atoms with Crippen molar-refractivity contribution in [3.05, 3.63) is 0 Å². The number of hydrogen-bond donors (Lipinski definition) is 1. The topological polar surface area (TPSA) is 27.7 Å².